The Morgan fingerprint density at radius 2 is 1.74 bits per heavy atom. The first kappa shape index (κ1) is 25.2. The fourth-order valence-electron chi connectivity index (χ4n) is 5.30. The number of nitrogens with zero attached hydrogens (tertiary/aromatic N) is 4. The van der Waals surface area contributed by atoms with Gasteiger partial charge in [-0.2, -0.15) is 4.98 Å². The minimum Gasteiger partial charge on any atom is -0.356 e. The molecule has 2 aromatic heterocycles. The van der Waals surface area contributed by atoms with Gasteiger partial charge in [-0.3, -0.25) is 4.79 Å². The van der Waals surface area contributed by atoms with Crippen molar-refractivity contribution in [1.82, 2.24) is 15.3 Å². The first-order valence-corrected chi connectivity index (χ1v) is 14.0. The number of halogens is 2. The lowest BCUT2D eigenvalue weighted by Gasteiger charge is -2.32. The van der Waals surface area contributed by atoms with Crippen LogP contribution in [0, 0.1) is 5.92 Å². The fraction of sp³-hybridized carbons (Fsp3) is 0.586. The Morgan fingerprint density at radius 3 is 2.50 bits per heavy atom. The second-order valence-corrected chi connectivity index (χ2v) is 11.2. The molecule has 3 aromatic rings. The highest BCUT2D eigenvalue weighted by Crippen LogP contribution is 2.41. The van der Waals surface area contributed by atoms with Crippen LogP contribution in [0.15, 0.2) is 39.4 Å². The molecule has 3 aliphatic rings. The van der Waals surface area contributed by atoms with Crippen LogP contribution in [0.2, 0.25) is 0 Å². The largest absolute Gasteiger partial charge is 0.356 e. The number of benzene rings is 1. The molecule has 3 aliphatic carbocycles. The van der Waals surface area contributed by atoms with Crippen molar-refractivity contribution in [2.24, 2.45) is 5.92 Å². The number of aromatic nitrogens is 3. The van der Waals surface area contributed by atoms with Gasteiger partial charge in [-0.15, -0.1) is 0 Å². The van der Waals surface area contributed by atoms with Gasteiger partial charge in [0, 0.05) is 60.9 Å². The van der Waals surface area contributed by atoms with E-state index in [1.807, 2.05) is 30.3 Å². The zero-order valence-corrected chi connectivity index (χ0v) is 21.6. The van der Waals surface area contributed by atoms with Crippen molar-refractivity contribution in [3.63, 3.8) is 0 Å². The average Bonchev–Trinajstić information content (AvgIpc) is 3.85. The molecule has 9 heteroatoms. The fourth-order valence-corrected chi connectivity index (χ4v) is 5.30. The van der Waals surface area contributed by atoms with Crippen molar-refractivity contribution in [2.75, 3.05) is 11.4 Å². The van der Waals surface area contributed by atoms with Crippen LogP contribution in [0.1, 0.15) is 99.9 Å². The van der Waals surface area contributed by atoms with Crippen LogP contribution in [0.4, 0.5) is 14.5 Å². The molecule has 0 atom stereocenters. The summed E-state index contributed by atoms with van der Waals surface area (Å²) >= 11 is 0. The second-order valence-electron chi connectivity index (χ2n) is 11.2. The van der Waals surface area contributed by atoms with E-state index in [1.54, 1.807) is 4.90 Å². The van der Waals surface area contributed by atoms with Gasteiger partial charge >= 0.3 is 0 Å². The summed E-state index contributed by atoms with van der Waals surface area (Å²) < 4.78 is 38.6. The van der Waals surface area contributed by atoms with E-state index in [9.17, 15) is 13.6 Å². The van der Waals surface area contributed by atoms with Crippen LogP contribution in [0.3, 0.4) is 0 Å². The predicted octanol–water partition coefficient (Wildman–Crippen LogP) is 7.05. The number of rotatable bonds is 11. The van der Waals surface area contributed by atoms with Gasteiger partial charge in [0.05, 0.1) is 5.69 Å². The molecule has 0 unspecified atom stereocenters. The minimum absolute atomic E-state index is 0.0696. The third-order valence-corrected chi connectivity index (χ3v) is 8.00. The molecule has 1 aromatic carbocycles. The monoisotopic (exact) mass is 524 g/mol. The van der Waals surface area contributed by atoms with Gasteiger partial charge in [0.15, 0.2) is 11.6 Å². The number of anilines is 1. The van der Waals surface area contributed by atoms with Gasteiger partial charge in [0.25, 0.3) is 0 Å². The Hall–Kier alpha value is -3.10. The molecular formula is C29H34F2N4O3. The summed E-state index contributed by atoms with van der Waals surface area (Å²) in [7, 11) is 0. The molecule has 0 saturated heterocycles. The number of carbonyl (C=O) groups is 1. The molecule has 0 aliphatic heterocycles. The van der Waals surface area contributed by atoms with E-state index in [0.29, 0.717) is 30.0 Å². The Balaban J connectivity index is 1.12. The quantitative estimate of drug-likeness (QED) is 0.250. The third kappa shape index (κ3) is 5.97. The van der Waals surface area contributed by atoms with Crippen molar-refractivity contribution >= 4 is 11.6 Å². The summed E-state index contributed by atoms with van der Waals surface area (Å²) in [4.78, 5) is 19.9. The molecule has 0 radical (unpaired) electrons. The first-order valence-electron chi connectivity index (χ1n) is 14.0. The molecule has 7 nitrogen and oxygen atoms in total. The van der Waals surface area contributed by atoms with Crippen molar-refractivity contribution in [2.45, 2.75) is 94.8 Å². The summed E-state index contributed by atoms with van der Waals surface area (Å²) in [6.07, 6.45) is 7.81. The number of hydrogen-bond donors (Lipinski definition) is 0. The molecule has 6 rings (SSSR count). The van der Waals surface area contributed by atoms with E-state index in [0.717, 1.165) is 74.1 Å². The topological polar surface area (TPSA) is 85.3 Å². The molecule has 2 heterocycles. The Bertz CT molecular complexity index is 1250. The Kier molecular flexibility index (Phi) is 7.01. The lowest BCUT2D eigenvalue weighted by atomic mass is 9.85. The lowest BCUT2D eigenvalue weighted by molar-refractivity contribution is -0.126. The maximum Gasteiger partial charge on any atom is 0.248 e. The van der Waals surface area contributed by atoms with Crippen molar-refractivity contribution in [3.05, 3.63) is 47.7 Å². The van der Waals surface area contributed by atoms with Crippen LogP contribution < -0.4 is 4.90 Å². The number of aryl methyl sites for hydroxylation is 1. The molecule has 3 fully saturated rings. The van der Waals surface area contributed by atoms with Crippen LogP contribution >= 0.6 is 0 Å². The second kappa shape index (κ2) is 10.6. The summed E-state index contributed by atoms with van der Waals surface area (Å²) in [5.74, 6) is 0.0264. The standard InChI is InChI=1S/C29H34F2N4O3/c30-29(31)14-12-21(13-15-29)28(36)35(16-3-1-2-7-26-32-27(34-38-26)20-10-11-20)23-6-4-5-22(17-23)25-18-24(33-37-25)19-8-9-19/h4-6,17-21H,1-3,7-16H2. The highest BCUT2D eigenvalue weighted by molar-refractivity contribution is 5.95. The van der Waals surface area contributed by atoms with Gasteiger partial charge in [0.2, 0.25) is 17.7 Å². The smallest absolute Gasteiger partial charge is 0.248 e. The van der Waals surface area contributed by atoms with Crippen LogP contribution in [-0.4, -0.2) is 33.7 Å². The number of alkyl halides is 2. The molecular weight excluding hydrogens is 490 g/mol. The first-order chi connectivity index (χ1) is 18.4. The van der Waals surface area contributed by atoms with E-state index in [-0.39, 0.29) is 37.5 Å². The Labute approximate surface area is 220 Å². The van der Waals surface area contributed by atoms with Gasteiger partial charge < -0.3 is 13.9 Å². The van der Waals surface area contributed by atoms with Gasteiger partial charge in [0.1, 0.15) is 0 Å². The zero-order valence-electron chi connectivity index (χ0n) is 21.6. The SMILES string of the molecule is O=C(C1CCC(F)(F)CC1)N(CCCCCc1nc(C2CC2)no1)c1cccc(-c2cc(C3CC3)no2)c1. The highest BCUT2D eigenvalue weighted by Gasteiger charge is 2.39. The molecule has 0 bridgehead atoms. The van der Waals surface area contributed by atoms with E-state index in [1.165, 1.54) is 0 Å². The van der Waals surface area contributed by atoms with E-state index in [4.69, 9.17) is 9.05 Å². The minimum atomic E-state index is -2.67. The summed E-state index contributed by atoms with van der Waals surface area (Å²) in [6.45, 7) is 0.524. The van der Waals surface area contributed by atoms with E-state index < -0.39 is 5.92 Å². The van der Waals surface area contributed by atoms with Crippen molar-refractivity contribution in [1.29, 1.82) is 0 Å². The number of hydrogen-bond acceptors (Lipinski definition) is 6. The molecule has 38 heavy (non-hydrogen) atoms. The van der Waals surface area contributed by atoms with Gasteiger partial charge in [-0.1, -0.05) is 28.9 Å². The number of carbonyl (C=O) groups excluding carboxylic acids is 1. The molecule has 0 spiro atoms. The summed E-state index contributed by atoms with van der Waals surface area (Å²) in [5, 5.41) is 8.29. The zero-order chi connectivity index (χ0) is 26.1. The Morgan fingerprint density at radius 1 is 0.947 bits per heavy atom. The predicted molar refractivity (Wildman–Crippen MR) is 137 cm³/mol. The van der Waals surface area contributed by atoms with Crippen LogP contribution in [-0.2, 0) is 11.2 Å². The highest BCUT2D eigenvalue weighted by atomic mass is 19.3. The maximum atomic E-state index is 13.8. The van der Waals surface area contributed by atoms with Crippen molar-refractivity contribution < 1.29 is 22.6 Å². The molecule has 202 valence electrons. The normalized spacial score (nSPS) is 19.5. The third-order valence-electron chi connectivity index (χ3n) is 8.00. The molecule has 0 N–H and O–H groups in total. The van der Waals surface area contributed by atoms with Gasteiger partial charge in [-0.05, 0) is 63.5 Å². The van der Waals surface area contributed by atoms with Crippen molar-refractivity contribution in [3.8, 4) is 11.3 Å². The van der Waals surface area contributed by atoms with E-state index in [2.05, 4.69) is 15.3 Å². The number of unbranched alkanes of at least 4 members (excludes halogenated alkanes) is 2. The average molecular weight is 525 g/mol. The van der Waals surface area contributed by atoms with E-state index >= 15 is 0 Å². The summed E-state index contributed by atoms with van der Waals surface area (Å²) in [5.41, 5.74) is 2.60. The molecule has 3 saturated carbocycles. The summed E-state index contributed by atoms with van der Waals surface area (Å²) in [6, 6.07) is 9.70. The molecule has 1 amide bonds. The lowest BCUT2D eigenvalue weighted by Crippen LogP contribution is -2.40. The van der Waals surface area contributed by atoms with Crippen LogP contribution in [0.25, 0.3) is 11.3 Å². The maximum absolute atomic E-state index is 13.8. The number of amides is 1. The van der Waals surface area contributed by atoms with Crippen LogP contribution in [0.5, 0.6) is 0 Å². The van der Waals surface area contributed by atoms with Gasteiger partial charge in [-0.25, -0.2) is 8.78 Å².